The van der Waals surface area contributed by atoms with Crippen LogP contribution in [0.2, 0.25) is 0 Å². The predicted octanol–water partition coefficient (Wildman–Crippen LogP) is 4.21. The number of carbonyl (C=O) groups excluding carboxylic acids is 3. The van der Waals surface area contributed by atoms with Crippen LogP contribution in [0, 0.1) is 19.8 Å². The quantitative estimate of drug-likeness (QED) is 0.205. The Kier molecular flexibility index (Phi) is 9.66. The maximum Gasteiger partial charge on any atom is 0.308 e. The van der Waals surface area contributed by atoms with Crippen molar-refractivity contribution in [1.29, 1.82) is 0 Å². The second kappa shape index (κ2) is 14.1. The third kappa shape index (κ3) is 6.06. The molecule has 0 aliphatic carbocycles. The number of aromatic hydroxyl groups is 1. The zero-order chi connectivity index (χ0) is 37.0. The third-order valence-electron chi connectivity index (χ3n) is 11.3. The fourth-order valence-corrected chi connectivity index (χ4v) is 8.96. The largest absolute Gasteiger partial charge is 0.504 e. The van der Waals surface area contributed by atoms with Gasteiger partial charge < -0.3 is 34.5 Å². The molecule has 3 N–H and O–H groups in total. The second-order valence-corrected chi connectivity index (χ2v) is 14.6. The van der Waals surface area contributed by atoms with Crippen LogP contribution in [0.4, 0.5) is 0 Å². The van der Waals surface area contributed by atoms with Gasteiger partial charge in [-0.15, -0.1) is 0 Å². The number of Topliss-reactive ketones (excluding diaryl/α,β-unsaturated/α-hetero) is 1. The molecule has 3 aromatic rings. The van der Waals surface area contributed by atoms with Crippen molar-refractivity contribution in [3.05, 3.63) is 75.3 Å². The number of carbonyl (C=O) groups is 3. The Morgan fingerprint density at radius 2 is 1.77 bits per heavy atom. The van der Waals surface area contributed by atoms with Gasteiger partial charge in [-0.2, -0.15) is 0 Å². The number of nitrogens with one attached hydrogen (secondary N) is 1. The van der Waals surface area contributed by atoms with Crippen molar-refractivity contribution >= 4 is 17.7 Å². The minimum absolute atomic E-state index is 0.00546. The number of nitrogens with zero attached hydrogens (tertiary/aromatic N) is 2. The Morgan fingerprint density at radius 1 is 1.04 bits per heavy atom. The molecule has 0 saturated carbocycles. The Balaban J connectivity index is 1.26. The number of aryl methyl sites for hydroxylation is 2. The van der Waals surface area contributed by atoms with E-state index in [2.05, 4.69) is 10.2 Å². The number of ketones is 1. The average Bonchev–Trinajstić information content (AvgIpc) is 3.61. The fourth-order valence-electron chi connectivity index (χ4n) is 8.96. The zero-order valence-corrected chi connectivity index (χ0v) is 30.5. The van der Waals surface area contributed by atoms with E-state index >= 15 is 0 Å². The number of fused-ring (bicyclic) bond motifs is 9. The van der Waals surface area contributed by atoms with Crippen LogP contribution in [0.5, 0.6) is 28.7 Å². The Bertz CT molecular complexity index is 1910. The number of piperazine rings is 1. The smallest absolute Gasteiger partial charge is 0.308 e. The number of benzene rings is 3. The number of amides is 1. The summed E-state index contributed by atoms with van der Waals surface area (Å²) in [6.07, 6.45) is 0.884. The van der Waals surface area contributed by atoms with Crippen LogP contribution in [0.1, 0.15) is 77.7 Å². The summed E-state index contributed by atoms with van der Waals surface area (Å²) in [6, 6.07) is 9.99. The van der Waals surface area contributed by atoms with E-state index in [1.165, 1.54) is 14.0 Å². The second-order valence-electron chi connectivity index (χ2n) is 14.6. The van der Waals surface area contributed by atoms with E-state index in [9.17, 15) is 24.6 Å². The Labute approximate surface area is 303 Å². The zero-order valence-electron chi connectivity index (χ0n) is 30.5. The highest BCUT2D eigenvalue weighted by atomic mass is 16.7. The first kappa shape index (κ1) is 35.7. The lowest BCUT2D eigenvalue weighted by molar-refractivity contribution is -0.172. The van der Waals surface area contributed by atoms with Gasteiger partial charge in [-0.3, -0.25) is 24.2 Å². The molecular formula is C40H47N3O9. The molecule has 1 unspecified atom stereocenters. The Morgan fingerprint density at radius 3 is 2.48 bits per heavy atom. The molecule has 276 valence electrons. The normalized spacial score (nSPS) is 23.6. The molecule has 0 aromatic heterocycles. The number of hydrogen-bond donors (Lipinski definition) is 3. The van der Waals surface area contributed by atoms with E-state index in [-0.39, 0.29) is 43.2 Å². The summed E-state index contributed by atoms with van der Waals surface area (Å²) >= 11 is 0. The number of ether oxygens (including phenoxy) is 4. The molecule has 0 radical (unpaired) electrons. The maximum atomic E-state index is 13.7. The number of methoxy groups -OCH3 is 1. The third-order valence-corrected chi connectivity index (χ3v) is 11.3. The van der Waals surface area contributed by atoms with Gasteiger partial charge in [0.05, 0.1) is 25.2 Å². The van der Waals surface area contributed by atoms with Gasteiger partial charge in [0.15, 0.2) is 23.0 Å². The van der Waals surface area contributed by atoms with Gasteiger partial charge in [-0.05, 0) is 56.8 Å². The van der Waals surface area contributed by atoms with Crippen molar-refractivity contribution in [2.24, 2.45) is 5.92 Å². The number of rotatable bonds is 10. The molecule has 1 amide bonds. The number of aliphatic hydroxyl groups excluding tert-OH is 1. The maximum absolute atomic E-state index is 13.7. The average molecular weight is 714 g/mol. The highest BCUT2D eigenvalue weighted by Crippen LogP contribution is 2.58. The number of phenols is 1. The number of likely N-dealkylation sites (N-methyl/N-ethyl adjacent to an activating group) is 1. The lowest BCUT2D eigenvalue weighted by atomic mass is 9.73. The molecule has 4 aliphatic rings. The molecule has 1 saturated heterocycles. The Hall–Kier alpha value is -4.65. The van der Waals surface area contributed by atoms with E-state index < -0.39 is 36.2 Å². The van der Waals surface area contributed by atoms with Gasteiger partial charge in [0.2, 0.25) is 12.7 Å². The fraction of sp³-hybridized carbons (Fsp3) is 0.475. The van der Waals surface area contributed by atoms with Gasteiger partial charge in [0.25, 0.3) is 0 Å². The van der Waals surface area contributed by atoms with Crippen molar-refractivity contribution in [2.75, 3.05) is 27.5 Å². The molecule has 7 rings (SSSR count). The van der Waals surface area contributed by atoms with Crippen LogP contribution < -0.4 is 24.3 Å². The van der Waals surface area contributed by atoms with Gasteiger partial charge in [0.1, 0.15) is 17.8 Å². The van der Waals surface area contributed by atoms with Crippen LogP contribution in [-0.4, -0.2) is 83.5 Å². The van der Waals surface area contributed by atoms with E-state index in [1.54, 1.807) is 6.92 Å². The first-order valence-electron chi connectivity index (χ1n) is 17.9. The summed E-state index contributed by atoms with van der Waals surface area (Å²) in [6.45, 7) is 6.83. The summed E-state index contributed by atoms with van der Waals surface area (Å²) in [7, 11) is 3.48. The van der Waals surface area contributed by atoms with Gasteiger partial charge in [-0.1, -0.05) is 43.3 Å². The van der Waals surface area contributed by atoms with Crippen molar-refractivity contribution in [2.45, 2.75) is 90.2 Å². The first-order valence-corrected chi connectivity index (χ1v) is 17.9. The molecular weight excluding hydrogens is 666 g/mol. The molecule has 2 bridgehead atoms. The molecule has 1 fully saturated rings. The summed E-state index contributed by atoms with van der Waals surface area (Å²) < 4.78 is 23.5. The molecule has 4 heterocycles. The van der Waals surface area contributed by atoms with Crippen molar-refractivity contribution in [3.63, 3.8) is 0 Å². The lowest BCUT2D eigenvalue weighted by Crippen LogP contribution is -2.69. The molecule has 4 aliphatic heterocycles. The first-order chi connectivity index (χ1) is 24.9. The molecule has 0 spiro atoms. The van der Waals surface area contributed by atoms with Crippen LogP contribution in [0.15, 0.2) is 36.4 Å². The summed E-state index contributed by atoms with van der Waals surface area (Å²) in [4.78, 5) is 43.3. The van der Waals surface area contributed by atoms with E-state index in [0.29, 0.717) is 65.4 Å². The minimum atomic E-state index is -0.979. The number of aliphatic hydroxyl groups is 1. The van der Waals surface area contributed by atoms with Crippen molar-refractivity contribution in [3.8, 4) is 28.7 Å². The molecule has 12 nitrogen and oxygen atoms in total. The van der Waals surface area contributed by atoms with Gasteiger partial charge in [0, 0.05) is 60.5 Å². The highest BCUT2D eigenvalue weighted by Gasteiger charge is 2.56. The van der Waals surface area contributed by atoms with E-state index in [0.717, 1.165) is 22.3 Å². The highest BCUT2D eigenvalue weighted by molar-refractivity contribution is 5.86. The number of esters is 1. The molecule has 6 atom stereocenters. The molecule has 12 heteroatoms. The van der Waals surface area contributed by atoms with Crippen LogP contribution in [0.25, 0.3) is 0 Å². The molecule has 52 heavy (non-hydrogen) atoms. The standard InChI is InChI=1S/C40H47N3O9/c1-20-14-25-16-29-40(48)43-28(33(42(29)5)31(25)34(46)35(20)49-6)17-27-32(38-37(50-19-51-38)22(3)36(27)52-23(4)44)30(43)18-41-39(47)21(2)15-26(45)13-12-24-10-8-7-9-11-24/h7-11,14,21,28-30,33,40,46,48H,12-13,15-19H2,1-6H3,(H,41,47)/t21-,28?,29+,30+,33+,40+/m1/s1. The van der Waals surface area contributed by atoms with Crippen LogP contribution in [-0.2, 0) is 33.6 Å². The predicted molar refractivity (Wildman–Crippen MR) is 191 cm³/mol. The SMILES string of the molecule is COc1c(C)cc2c(c1O)[C@@H]1C3Cc4c(OC(C)=O)c(C)c5c(c4[C@H](CNC(=O)[C@H](C)CC(=O)CCc4ccccc4)N3[C@@H](O)[C@H](C2)N1C)OCO5. The summed E-state index contributed by atoms with van der Waals surface area (Å²) in [5, 5.41) is 27.1. The van der Waals surface area contributed by atoms with Crippen molar-refractivity contribution < 1.29 is 43.5 Å². The van der Waals surface area contributed by atoms with E-state index in [1.807, 2.05) is 62.2 Å². The minimum Gasteiger partial charge on any atom is -0.504 e. The van der Waals surface area contributed by atoms with E-state index in [4.69, 9.17) is 18.9 Å². The number of hydrogen-bond acceptors (Lipinski definition) is 11. The topological polar surface area (TPSA) is 147 Å². The monoisotopic (exact) mass is 713 g/mol. The van der Waals surface area contributed by atoms with Gasteiger partial charge in [-0.25, -0.2) is 0 Å². The van der Waals surface area contributed by atoms with Crippen molar-refractivity contribution in [1.82, 2.24) is 15.1 Å². The van der Waals surface area contributed by atoms with Crippen LogP contribution in [0.3, 0.4) is 0 Å². The lowest BCUT2D eigenvalue weighted by Gasteiger charge is -2.60. The van der Waals surface area contributed by atoms with Crippen LogP contribution >= 0.6 is 0 Å². The number of phenolic OH excluding ortho intramolecular Hbond substituents is 1. The summed E-state index contributed by atoms with van der Waals surface area (Å²) in [5.74, 6) is 0.401. The molecule has 3 aromatic carbocycles. The summed E-state index contributed by atoms with van der Waals surface area (Å²) in [5.41, 5.74) is 5.54. The van der Waals surface area contributed by atoms with Gasteiger partial charge >= 0.3 is 5.97 Å².